The first kappa shape index (κ1) is 13.0. The maximum absolute atomic E-state index is 12.4. The highest BCUT2D eigenvalue weighted by Gasteiger charge is 2.37. The Hall–Kier alpha value is -1.03. The standard InChI is InChI=1S/C12H16F3N/c13-12(14,15)11(9-16)8-4-7-10-5-2-1-3-6-10/h1-3,5-6,11H,4,7-9,16H2. The zero-order chi connectivity index (χ0) is 12.0. The lowest BCUT2D eigenvalue weighted by molar-refractivity contribution is -0.173. The first-order valence-electron chi connectivity index (χ1n) is 5.34. The van der Waals surface area contributed by atoms with E-state index in [1.54, 1.807) is 0 Å². The Morgan fingerprint density at radius 2 is 1.75 bits per heavy atom. The van der Waals surface area contributed by atoms with E-state index < -0.39 is 12.1 Å². The second-order valence-corrected chi connectivity index (χ2v) is 3.85. The molecule has 0 heterocycles. The molecule has 90 valence electrons. The molecule has 0 aliphatic heterocycles. The summed E-state index contributed by atoms with van der Waals surface area (Å²) in [4.78, 5) is 0. The highest BCUT2D eigenvalue weighted by Crippen LogP contribution is 2.29. The molecule has 16 heavy (non-hydrogen) atoms. The fourth-order valence-electron chi connectivity index (χ4n) is 1.61. The maximum Gasteiger partial charge on any atom is 0.393 e. The Kier molecular flexibility index (Phi) is 4.80. The highest BCUT2D eigenvalue weighted by molar-refractivity contribution is 5.14. The van der Waals surface area contributed by atoms with Crippen LogP contribution < -0.4 is 5.73 Å². The Labute approximate surface area is 93.5 Å². The van der Waals surface area contributed by atoms with Gasteiger partial charge in [-0.3, -0.25) is 0 Å². The fraction of sp³-hybridized carbons (Fsp3) is 0.500. The summed E-state index contributed by atoms with van der Waals surface area (Å²) in [5.41, 5.74) is 6.19. The van der Waals surface area contributed by atoms with E-state index in [1.807, 2.05) is 30.3 Å². The van der Waals surface area contributed by atoms with E-state index >= 15 is 0 Å². The van der Waals surface area contributed by atoms with Gasteiger partial charge in [0.15, 0.2) is 0 Å². The third-order valence-electron chi connectivity index (χ3n) is 2.61. The molecule has 0 radical (unpaired) electrons. The van der Waals surface area contributed by atoms with Gasteiger partial charge in [0.2, 0.25) is 0 Å². The van der Waals surface area contributed by atoms with Gasteiger partial charge in [-0.05, 0) is 24.8 Å². The van der Waals surface area contributed by atoms with Crippen molar-refractivity contribution in [2.45, 2.75) is 25.4 Å². The zero-order valence-electron chi connectivity index (χ0n) is 9.00. The minimum Gasteiger partial charge on any atom is -0.330 e. The van der Waals surface area contributed by atoms with Crippen LogP contribution in [0.1, 0.15) is 18.4 Å². The van der Waals surface area contributed by atoms with Crippen LogP contribution in [0.5, 0.6) is 0 Å². The van der Waals surface area contributed by atoms with Crippen LogP contribution in [0.25, 0.3) is 0 Å². The Bertz CT molecular complexity index is 295. The van der Waals surface area contributed by atoms with Crippen LogP contribution in [0.4, 0.5) is 13.2 Å². The lowest BCUT2D eigenvalue weighted by Gasteiger charge is -2.17. The van der Waals surface area contributed by atoms with Crippen LogP contribution in [0.15, 0.2) is 30.3 Å². The highest BCUT2D eigenvalue weighted by atomic mass is 19.4. The van der Waals surface area contributed by atoms with Crippen molar-refractivity contribution in [2.75, 3.05) is 6.54 Å². The number of halogens is 3. The number of rotatable bonds is 5. The summed E-state index contributed by atoms with van der Waals surface area (Å²) in [6.45, 7) is -0.321. The van der Waals surface area contributed by atoms with Gasteiger partial charge < -0.3 is 5.73 Å². The molecule has 0 aliphatic carbocycles. The van der Waals surface area contributed by atoms with E-state index in [0.717, 1.165) is 5.56 Å². The second kappa shape index (κ2) is 5.89. The first-order valence-corrected chi connectivity index (χ1v) is 5.34. The summed E-state index contributed by atoms with van der Waals surface area (Å²) in [7, 11) is 0. The van der Waals surface area contributed by atoms with Crippen molar-refractivity contribution >= 4 is 0 Å². The molecule has 0 spiro atoms. The number of aryl methyl sites for hydroxylation is 1. The number of nitrogens with two attached hydrogens (primary N) is 1. The largest absolute Gasteiger partial charge is 0.393 e. The monoisotopic (exact) mass is 231 g/mol. The third kappa shape index (κ3) is 4.23. The zero-order valence-corrected chi connectivity index (χ0v) is 9.00. The molecule has 1 aromatic rings. The van der Waals surface area contributed by atoms with Gasteiger partial charge in [0.25, 0.3) is 0 Å². The van der Waals surface area contributed by atoms with Crippen LogP contribution in [0.3, 0.4) is 0 Å². The molecule has 0 aliphatic rings. The van der Waals surface area contributed by atoms with Gasteiger partial charge >= 0.3 is 6.18 Å². The summed E-state index contributed by atoms with van der Waals surface area (Å²) in [6.07, 6.45) is -2.86. The molecule has 0 saturated carbocycles. The predicted octanol–water partition coefficient (Wildman–Crippen LogP) is 3.15. The Balaban J connectivity index is 2.35. The summed E-state index contributed by atoms with van der Waals surface area (Å²) in [5, 5.41) is 0. The lowest BCUT2D eigenvalue weighted by atomic mass is 9.99. The topological polar surface area (TPSA) is 26.0 Å². The van der Waals surface area contributed by atoms with Gasteiger partial charge in [0.05, 0.1) is 5.92 Å². The lowest BCUT2D eigenvalue weighted by Crippen LogP contribution is -2.30. The number of hydrogen-bond acceptors (Lipinski definition) is 1. The van der Waals surface area contributed by atoms with Crippen molar-refractivity contribution in [3.05, 3.63) is 35.9 Å². The van der Waals surface area contributed by atoms with Crippen molar-refractivity contribution in [1.29, 1.82) is 0 Å². The van der Waals surface area contributed by atoms with Crippen molar-refractivity contribution in [1.82, 2.24) is 0 Å². The van der Waals surface area contributed by atoms with E-state index in [9.17, 15) is 13.2 Å². The van der Waals surface area contributed by atoms with Gasteiger partial charge in [0, 0.05) is 6.54 Å². The van der Waals surface area contributed by atoms with Crippen LogP contribution in [0, 0.1) is 5.92 Å². The van der Waals surface area contributed by atoms with Crippen LogP contribution in [0.2, 0.25) is 0 Å². The van der Waals surface area contributed by atoms with Crippen molar-refractivity contribution < 1.29 is 13.2 Å². The van der Waals surface area contributed by atoms with Crippen molar-refractivity contribution in [3.63, 3.8) is 0 Å². The van der Waals surface area contributed by atoms with Crippen molar-refractivity contribution in [2.24, 2.45) is 11.7 Å². The predicted molar refractivity (Wildman–Crippen MR) is 58.0 cm³/mol. The quantitative estimate of drug-likeness (QED) is 0.827. The molecule has 0 aromatic heterocycles. The van der Waals surface area contributed by atoms with E-state index in [-0.39, 0.29) is 13.0 Å². The molecule has 1 aromatic carbocycles. The molecule has 1 unspecified atom stereocenters. The average molecular weight is 231 g/mol. The average Bonchev–Trinajstić information content (AvgIpc) is 2.24. The van der Waals surface area contributed by atoms with Crippen molar-refractivity contribution in [3.8, 4) is 0 Å². The van der Waals surface area contributed by atoms with Gasteiger partial charge in [0.1, 0.15) is 0 Å². The fourth-order valence-corrected chi connectivity index (χ4v) is 1.61. The third-order valence-corrected chi connectivity index (χ3v) is 2.61. The molecule has 0 amide bonds. The van der Waals surface area contributed by atoms with Crippen LogP contribution >= 0.6 is 0 Å². The molecule has 0 bridgehead atoms. The summed E-state index contributed by atoms with van der Waals surface area (Å²) >= 11 is 0. The first-order chi connectivity index (χ1) is 7.54. The van der Waals surface area contributed by atoms with E-state index in [4.69, 9.17) is 5.73 Å². The van der Waals surface area contributed by atoms with Gasteiger partial charge in [-0.1, -0.05) is 30.3 Å². The Morgan fingerprint density at radius 1 is 1.12 bits per heavy atom. The molecule has 1 atom stereocenters. The molecule has 2 N–H and O–H groups in total. The molecule has 1 rings (SSSR count). The molecule has 0 saturated heterocycles. The summed E-state index contributed by atoms with van der Waals surface area (Å²) < 4.78 is 37.1. The summed E-state index contributed by atoms with van der Waals surface area (Å²) in [6, 6.07) is 9.51. The minimum absolute atomic E-state index is 0.106. The molecule has 0 fully saturated rings. The minimum atomic E-state index is -4.16. The second-order valence-electron chi connectivity index (χ2n) is 3.85. The number of benzene rings is 1. The van der Waals surface area contributed by atoms with Gasteiger partial charge in [-0.25, -0.2) is 0 Å². The van der Waals surface area contributed by atoms with Gasteiger partial charge in [-0.2, -0.15) is 13.2 Å². The molecule has 1 nitrogen and oxygen atoms in total. The van der Waals surface area contributed by atoms with Crippen LogP contribution in [-0.4, -0.2) is 12.7 Å². The van der Waals surface area contributed by atoms with Crippen LogP contribution in [-0.2, 0) is 6.42 Å². The smallest absolute Gasteiger partial charge is 0.330 e. The normalized spacial score (nSPS) is 13.8. The van der Waals surface area contributed by atoms with E-state index in [2.05, 4.69) is 0 Å². The number of alkyl halides is 3. The number of hydrogen-bond donors (Lipinski definition) is 1. The molecule has 4 heteroatoms. The Morgan fingerprint density at radius 3 is 2.25 bits per heavy atom. The summed E-state index contributed by atoms with van der Waals surface area (Å²) in [5.74, 6) is -1.36. The molecular weight excluding hydrogens is 215 g/mol. The SMILES string of the molecule is NCC(CCCc1ccccc1)C(F)(F)F. The van der Waals surface area contributed by atoms with E-state index in [1.165, 1.54) is 0 Å². The maximum atomic E-state index is 12.4. The molecular formula is C12H16F3N. The van der Waals surface area contributed by atoms with Gasteiger partial charge in [-0.15, -0.1) is 0 Å². The van der Waals surface area contributed by atoms with E-state index in [0.29, 0.717) is 12.8 Å².